The van der Waals surface area contributed by atoms with Crippen molar-refractivity contribution in [2.75, 3.05) is 5.73 Å². The number of pyridine rings is 3. The first kappa shape index (κ1) is 10.1. The molecule has 0 saturated carbocycles. The average molecular weight is 251 g/mol. The number of nitrogens with one attached hydrogen (secondary N) is 2. The van der Waals surface area contributed by atoms with Crippen molar-refractivity contribution in [2.45, 2.75) is 0 Å². The standard InChI is InChI=1S/C13H9N5O/c14-8-5-15-3-6-4-17-10-7-1-2-16-13(19)11(7)18-12(10)9(6)8/h1-5,18H,14H2,(H,16,19). The smallest absolute Gasteiger partial charge is 0.272 e. The molecule has 0 aliphatic heterocycles. The van der Waals surface area contributed by atoms with E-state index in [4.69, 9.17) is 5.73 Å². The zero-order valence-corrected chi connectivity index (χ0v) is 9.77. The Bertz CT molecular complexity index is 998. The molecule has 4 aromatic heterocycles. The highest BCUT2D eigenvalue weighted by Gasteiger charge is 2.12. The van der Waals surface area contributed by atoms with Crippen LogP contribution < -0.4 is 11.3 Å². The molecule has 19 heavy (non-hydrogen) atoms. The van der Waals surface area contributed by atoms with Gasteiger partial charge in [-0.15, -0.1) is 0 Å². The molecule has 0 atom stereocenters. The number of nitrogen functional groups attached to an aromatic ring is 1. The van der Waals surface area contributed by atoms with Crippen molar-refractivity contribution in [3.05, 3.63) is 41.2 Å². The zero-order chi connectivity index (χ0) is 13.0. The van der Waals surface area contributed by atoms with E-state index in [-0.39, 0.29) is 5.56 Å². The molecule has 0 unspecified atom stereocenters. The Morgan fingerprint density at radius 1 is 1.16 bits per heavy atom. The van der Waals surface area contributed by atoms with Crippen LogP contribution in [0.1, 0.15) is 0 Å². The van der Waals surface area contributed by atoms with E-state index in [1.54, 1.807) is 24.8 Å². The number of hydrogen-bond donors (Lipinski definition) is 3. The molecule has 0 aliphatic carbocycles. The van der Waals surface area contributed by atoms with Gasteiger partial charge >= 0.3 is 0 Å². The van der Waals surface area contributed by atoms with Gasteiger partial charge in [0.25, 0.3) is 5.56 Å². The fraction of sp³-hybridized carbons (Fsp3) is 0. The molecule has 6 heteroatoms. The Hall–Kier alpha value is -2.89. The van der Waals surface area contributed by atoms with Crippen molar-refractivity contribution in [3.63, 3.8) is 0 Å². The number of fused-ring (bicyclic) bond motifs is 5. The van der Waals surface area contributed by atoms with Gasteiger partial charge in [0.15, 0.2) is 0 Å². The number of aromatic amines is 2. The quantitative estimate of drug-likeness (QED) is 0.441. The van der Waals surface area contributed by atoms with Gasteiger partial charge in [0.05, 0.1) is 22.9 Å². The number of nitrogens with two attached hydrogens (primary N) is 1. The maximum atomic E-state index is 11.8. The van der Waals surface area contributed by atoms with Crippen LogP contribution in [0.4, 0.5) is 5.69 Å². The highest BCUT2D eigenvalue weighted by atomic mass is 16.1. The van der Waals surface area contributed by atoms with Gasteiger partial charge in [0, 0.05) is 34.7 Å². The lowest BCUT2D eigenvalue weighted by Gasteiger charge is -2.01. The summed E-state index contributed by atoms with van der Waals surface area (Å²) in [4.78, 5) is 26.0. The molecule has 4 N–H and O–H groups in total. The number of H-pyrrole nitrogens is 2. The fourth-order valence-electron chi connectivity index (χ4n) is 2.45. The second-order valence-corrected chi connectivity index (χ2v) is 4.40. The van der Waals surface area contributed by atoms with Gasteiger partial charge in [0.2, 0.25) is 0 Å². The topological polar surface area (TPSA) is 100 Å². The Labute approximate surface area is 106 Å². The van der Waals surface area contributed by atoms with Crippen molar-refractivity contribution in [3.8, 4) is 0 Å². The highest BCUT2D eigenvalue weighted by Crippen LogP contribution is 2.30. The van der Waals surface area contributed by atoms with E-state index < -0.39 is 0 Å². The first-order valence-electron chi connectivity index (χ1n) is 5.77. The molecule has 0 aliphatic rings. The van der Waals surface area contributed by atoms with E-state index in [0.717, 1.165) is 27.2 Å². The van der Waals surface area contributed by atoms with Crippen LogP contribution in [0.25, 0.3) is 32.7 Å². The summed E-state index contributed by atoms with van der Waals surface area (Å²) in [5.74, 6) is 0. The normalized spacial score (nSPS) is 11.6. The summed E-state index contributed by atoms with van der Waals surface area (Å²) in [7, 11) is 0. The van der Waals surface area contributed by atoms with Gasteiger partial charge in [-0.25, -0.2) is 0 Å². The van der Waals surface area contributed by atoms with Crippen LogP contribution in [0.3, 0.4) is 0 Å². The summed E-state index contributed by atoms with van der Waals surface area (Å²) < 4.78 is 0. The van der Waals surface area contributed by atoms with Gasteiger partial charge in [0.1, 0.15) is 5.52 Å². The van der Waals surface area contributed by atoms with E-state index in [9.17, 15) is 4.79 Å². The molecule has 0 bridgehead atoms. The third-order valence-corrected chi connectivity index (χ3v) is 3.29. The molecular formula is C13H9N5O. The van der Waals surface area contributed by atoms with Gasteiger partial charge in [-0.3, -0.25) is 14.8 Å². The minimum absolute atomic E-state index is 0.170. The summed E-state index contributed by atoms with van der Waals surface area (Å²) in [5, 5.41) is 2.47. The monoisotopic (exact) mass is 251 g/mol. The van der Waals surface area contributed by atoms with Gasteiger partial charge in [-0.1, -0.05) is 0 Å². The maximum Gasteiger partial charge on any atom is 0.272 e. The number of anilines is 1. The molecule has 0 radical (unpaired) electrons. The summed E-state index contributed by atoms with van der Waals surface area (Å²) in [6.45, 7) is 0. The molecule has 0 spiro atoms. The van der Waals surface area contributed by atoms with Crippen molar-refractivity contribution < 1.29 is 0 Å². The second-order valence-electron chi connectivity index (χ2n) is 4.40. The first-order chi connectivity index (χ1) is 9.25. The van der Waals surface area contributed by atoms with E-state index >= 15 is 0 Å². The predicted octanol–water partition coefficient (Wildman–Crippen LogP) is 1.53. The van der Waals surface area contributed by atoms with Gasteiger partial charge in [-0.05, 0) is 6.07 Å². The number of rotatable bonds is 0. The third-order valence-electron chi connectivity index (χ3n) is 3.29. The van der Waals surface area contributed by atoms with E-state index in [0.29, 0.717) is 11.2 Å². The predicted molar refractivity (Wildman–Crippen MR) is 73.9 cm³/mol. The van der Waals surface area contributed by atoms with Crippen LogP contribution in [0, 0.1) is 0 Å². The van der Waals surface area contributed by atoms with Crippen LogP contribution in [-0.2, 0) is 0 Å². The Kier molecular flexibility index (Phi) is 1.76. The summed E-state index contributed by atoms with van der Waals surface area (Å²) >= 11 is 0. The number of aromatic nitrogens is 4. The van der Waals surface area contributed by atoms with Crippen molar-refractivity contribution in [1.29, 1.82) is 0 Å². The molecule has 92 valence electrons. The van der Waals surface area contributed by atoms with Crippen LogP contribution in [0.15, 0.2) is 35.6 Å². The molecule has 4 heterocycles. The number of hydrogen-bond acceptors (Lipinski definition) is 4. The molecule has 0 amide bonds. The molecule has 6 nitrogen and oxygen atoms in total. The van der Waals surface area contributed by atoms with Crippen molar-refractivity contribution in [2.24, 2.45) is 0 Å². The second kappa shape index (κ2) is 3.32. The van der Waals surface area contributed by atoms with Gasteiger partial charge in [-0.2, -0.15) is 0 Å². The Morgan fingerprint density at radius 2 is 2.05 bits per heavy atom. The Balaban J connectivity index is 2.38. The molecule has 0 saturated heterocycles. The fourth-order valence-corrected chi connectivity index (χ4v) is 2.45. The molecule has 0 fully saturated rings. The van der Waals surface area contributed by atoms with Crippen molar-refractivity contribution >= 4 is 38.4 Å². The lowest BCUT2D eigenvalue weighted by Crippen LogP contribution is -2.03. The average Bonchev–Trinajstić information content (AvgIpc) is 2.79. The molecule has 4 rings (SSSR count). The van der Waals surface area contributed by atoms with Gasteiger partial charge < -0.3 is 15.7 Å². The SMILES string of the molecule is Nc1cncc2cnc3c4cc[nH]c(=O)c4[nH]c3c12. The number of nitrogens with zero attached hydrogens (tertiary/aromatic N) is 2. The minimum Gasteiger partial charge on any atom is -0.397 e. The Morgan fingerprint density at radius 3 is 2.95 bits per heavy atom. The summed E-state index contributed by atoms with van der Waals surface area (Å²) in [5.41, 5.74) is 8.40. The lowest BCUT2D eigenvalue weighted by molar-refractivity contribution is 1.26. The maximum absolute atomic E-state index is 11.8. The van der Waals surface area contributed by atoms with Crippen LogP contribution in [-0.4, -0.2) is 19.9 Å². The molecule has 4 aromatic rings. The lowest BCUT2D eigenvalue weighted by atomic mass is 10.1. The van der Waals surface area contributed by atoms with Crippen LogP contribution >= 0.6 is 0 Å². The third kappa shape index (κ3) is 1.22. The molecular weight excluding hydrogens is 242 g/mol. The van der Waals surface area contributed by atoms with E-state index in [2.05, 4.69) is 19.9 Å². The van der Waals surface area contributed by atoms with E-state index in [1.807, 2.05) is 6.07 Å². The largest absolute Gasteiger partial charge is 0.397 e. The van der Waals surface area contributed by atoms with Crippen LogP contribution in [0.2, 0.25) is 0 Å². The minimum atomic E-state index is -0.170. The zero-order valence-electron chi connectivity index (χ0n) is 9.77. The first-order valence-corrected chi connectivity index (χ1v) is 5.77. The molecule has 0 aromatic carbocycles. The summed E-state index contributed by atoms with van der Waals surface area (Å²) in [6.07, 6.45) is 6.63. The van der Waals surface area contributed by atoms with E-state index in [1.165, 1.54) is 0 Å². The van der Waals surface area contributed by atoms with Crippen LogP contribution in [0.5, 0.6) is 0 Å². The van der Waals surface area contributed by atoms with Crippen molar-refractivity contribution in [1.82, 2.24) is 19.9 Å². The highest BCUT2D eigenvalue weighted by molar-refractivity contribution is 6.17. The summed E-state index contributed by atoms with van der Waals surface area (Å²) in [6, 6.07) is 1.83.